The normalized spacial score (nSPS) is 16.6. The fraction of sp³-hybridized carbons (Fsp3) is 0.424. The first-order valence-electron chi connectivity index (χ1n) is 15.2. The van der Waals surface area contributed by atoms with Gasteiger partial charge in [-0.2, -0.15) is 5.10 Å². The number of rotatable bonds is 12. The second-order valence-electron chi connectivity index (χ2n) is 11.4. The van der Waals surface area contributed by atoms with Gasteiger partial charge in [-0.1, -0.05) is 42.8 Å². The van der Waals surface area contributed by atoms with E-state index in [1.165, 1.54) is 6.42 Å². The quantitative estimate of drug-likeness (QED) is 0.217. The number of benzene rings is 2. The standard InChI is InChI=1S/C33H39N5O4S/c1-41-23-24-16-18-37(19-17-24)29-22-28(33(39)36-43(40)21-9-20-42-27-14-6-3-7-15-27)34-32-30(29)31(25-10-8-11-25)35-38(32)26-12-4-2-5-13-26/h2-7,12-15,22,24-25H,8-11,16-21,23H2,1H3,(H,36,39). The molecule has 3 heterocycles. The number of fused-ring (bicyclic) bond motifs is 1. The molecule has 2 aromatic carbocycles. The van der Waals surface area contributed by atoms with Gasteiger partial charge in [0.1, 0.15) is 22.4 Å². The lowest BCUT2D eigenvalue weighted by Crippen LogP contribution is -2.35. The summed E-state index contributed by atoms with van der Waals surface area (Å²) in [7, 11) is 0.191. The van der Waals surface area contributed by atoms with E-state index < -0.39 is 16.9 Å². The molecule has 43 heavy (non-hydrogen) atoms. The summed E-state index contributed by atoms with van der Waals surface area (Å²) in [4.78, 5) is 20.8. The Morgan fingerprint density at radius 3 is 2.42 bits per heavy atom. The van der Waals surface area contributed by atoms with Crippen molar-refractivity contribution in [2.24, 2.45) is 5.92 Å². The van der Waals surface area contributed by atoms with Crippen LogP contribution in [0.2, 0.25) is 0 Å². The molecule has 1 atom stereocenters. The Morgan fingerprint density at radius 2 is 1.74 bits per heavy atom. The summed E-state index contributed by atoms with van der Waals surface area (Å²) in [6.45, 7) is 2.90. The monoisotopic (exact) mass is 601 g/mol. The number of amides is 1. The van der Waals surface area contributed by atoms with Gasteiger partial charge in [0.15, 0.2) is 5.65 Å². The third-order valence-corrected chi connectivity index (χ3v) is 9.49. The van der Waals surface area contributed by atoms with E-state index in [0.717, 1.165) is 73.6 Å². The summed E-state index contributed by atoms with van der Waals surface area (Å²) in [5.41, 5.74) is 3.84. The number of pyridine rings is 1. The zero-order chi connectivity index (χ0) is 29.6. The lowest BCUT2D eigenvalue weighted by Gasteiger charge is -2.34. The lowest BCUT2D eigenvalue weighted by atomic mass is 9.82. The van der Waals surface area contributed by atoms with Gasteiger partial charge < -0.3 is 14.4 Å². The van der Waals surface area contributed by atoms with Crippen LogP contribution in [0.1, 0.15) is 60.6 Å². The van der Waals surface area contributed by atoms with E-state index >= 15 is 0 Å². The van der Waals surface area contributed by atoms with Gasteiger partial charge in [0.25, 0.3) is 5.91 Å². The molecule has 2 aliphatic rings. The lowest BCUT2D eigenvalue weighted by molar-refractivity contribution is 0.0978. The molecule has 1 amide bonds. The number of para-hydroxylation sites is 2. The van der Waals surface area contributed by atoms with Crippen molar-refractivity contribution in [2.75, 3.05) is 44.1 Å². The number of aromatic nitrogens is 3. The van der Waals surface area contributed by atoms with Gasteiger partial charge in [-0.3, -0.25) is 9.52 Å². The maximum Gasteiger partial charge on any atom is 0.281 e. The zero-order valence-corrected chi connectivity index (χ0v) is 25.4. The summed E-state index contributed by atoms with van der Waals surface area (Å²) in [6.07, 6.45) is 5.97. The summed E-state index contributed by atoms with van der Waals surface area (Å²) >= 11 is 0. The molecule has 0 spiro atoms. The Balaban J connectivity index is 1.28. The van der Waals surface area contributed by atoms with Crippen LogP contribution in [0.4, 0.5) is 5.69 Å². The number of hydrogen-bond acceptors (Lipinski definition) is 7. The summed E-state index contributed by atoms with van der Waals surface area (Å²) in [5, 5.41) is 6.14. The van der Waals surface area contributed by atoms with Crippen LogP contribution >= 0.6 is 0 Å². The minimum Gasteiger partial charge on any atom is -0.494 e. The van der Waals surface area contributed by atoms with E-state index in [1.54, 1.807) is 7.11 Å². The zero-order valence-electron chi connectivity index (χ0n) is 24.6. The molecule has 1 aliphatic carbocycles. The van der Waals surface area contributed by atoms with Crippen molar-refractivity contribution in [3.63, 3.8) is 0 Å². The predicted molar refractivity (Wildman–Crippen MR) is 169 cm³/mol. The highest BCUT2D eigenvalue weighted by Crippen LogP contribution is 2.43. The molecule has 6 rings (SSSR count). The first kappa shape index (κ1) is 29.3. The molecule has 9 nitrogen and oxygen atoms in total. The maximum atomic E-state index is 13.5. The van der Waals surface area contributed by atoms with Crippen LogP contribution in [0.15, 0.2) is 66.7 Å². The number of ether oxygens (including phenoxy) is 2. The van der Waals surface area contributed by atoms with Crippen LogP contribution in [-0.2, 0) is 15.7 Å². The molecule has 2 aromatic heterocycles. The van der Waals surface area contributed by atoms with Gasteiger partial charge in [-0.05, 0) is 68.4 Å². The molecule has 1 saturated carbocycles. The largest absolute Gasteiger partial charge is 0.494 e. The van der Waals surface area contributed by atoms with Crippen LogP contribution in [0.25, 0.3) is 16.7 Å². The molecule has 1 unspecified atom stereocenters. The minimum atomic E-state index is -1.57. The molecule has 2 fully saturated rings. The minimum absolute atomic E-state index is 0.243. The number of carbonyl (C=O) groups is 1. The van der Waals surface area contributed by atoms with Crippen LogP contribution in [0.5, 0.6) is 5.75 Å². The molecular formula is C33H39N5O4S. The Bertz CT molecular complexity index is 1550. The van der Waals surface area contributed by atoms with Crippen molar-refractivity contribution in [1.82, 2.24) is 19.5 Å². The molecule has 10 heteroatoms. The number of nitrogens with one attached hydrogen (secondary N) is 1. The molecule has 1 saturated heterocycles. The molecule has 0 radical (unpaired) electrons. The highest BCUT2D eigenvalue weighted by molar-refractivity contribution is 7.83. The number of anilines is 1. The van der Waals surface area contributed by atoms with Crippen molar-refractivity contribution in [1.29, 1.82) is 0 Å². The first-order chi connectivity index (χ1) is 21.1. The number of methoxy groups -OCH3 is 1. The van der Waals surface area contributed by atoms with Gasteiger partial charge in [-0.15, -0.1) is 0 Å². The Morgan fingerprint density at radius 1 is 1.02 bits per heavy atom. The van der Waals surface area contributed by atoms with Gasteiger partial charge in [-0.25, -0.2) is 13.9 Å². The van der Waals surface area contributed by atoms with Crippen molar-refractivity contribution in [3.8, 4) is 11.4 Å². The van der Waals surface area contributed by atoms with E-state index in [-0.39, 0.29) is 11.4 Å². The molecule has 4 aromatic rings. The number of carbonyl (C=O) groups excluding carboxylic acids is 1. The van der Waals surface area contributed by atoms with E-state index in [0.29, 0.717) is 30.5 Å². The summed E-state index contributed by atoms with van der Waals surface area (Å²) in [6, 6.07) is 21.3. The van der Waals surface area contributed by atoms with E-state index in [4.69, 9.17) is 19.6 Å². The van der Waals surface area contributed by atoms with E-state index in [9.17, 15) is 9.00 Å². The Hall–Kier alpha value is -3.76. The fourth-order valence-corrected chi connectivity index (χ4v) is 6.68. The Labute approximate surface area is 255 Å². The molecule has 1 aliphatic heterocycles. The van der Waals surface area contributed by atoms with Gasteiger partial charge in [0.2, 0.25) is 0 Å². The number of nitrogens with zero attached hydrogens (tertiary/aromatic N) is 4. The predicted octanol–water partition coefficient (Wildman–Crippen LogP) is 5.41. The van der Waals surface area contributed by atoms with E-state index in [2.05, 4.69) is 9.62 Å². The van der Waals surface area contributed by atoms with Crippen molar-refractivity contribution in [3.05, 3.63) is 78.1 Å². The van der Waals surface area contributed by atoms with Crippen molar-refractivity contribution < 1.29 is 18.5 Å². The smallest absolute Gasteiger partial charge is 0.281 e. The van der Waals surface area contributed by atoms with Gasteiger partial charge in [0, 0.05) is 38.5 Å². The van der Waals surface area contributed by atoms with Gasteiger partial charge in [0.05, 0.1) is 29.1 Å². The number of piperidine rings is 1. The molecule has 226 valence electrons. The van der Waals surface area contributed by atoms with Crippen molar-refractivity contribution in [2.45, 2.75) is 44.4 Å². The van der Waals surface area contributed by atoms with Crippen LogP contribution in [0, 0.1) is 5.92 Å². The highest BCUT2D eigenvalue weighted by Gasteiger charge is 2.31. The second-order valence-corrected chi connectivity index (χ2v) is 12.7. The molecule has 0 bridgehead atoms. The van der Waals surface area contributed by atoms with Crippen LogP contribution < -0.4 is 14.4 Å². The highest BCUT2D eigenvalue weighted by atomic mass is 32.2. The Kier molecular flexibility index (Phi) is 9.33. The summed E-state index contributed by atoms with van der Waals surface area (Å²) < 4.78 is 28.6. The molecular weight excluding hydrogens is 562 g/mol. The average molecular weight is 602 g/mol. The first-order valence-corrected chi connectivity index (χ1v) is 16.5. The second kappa shape index (κ2) is 13.7. The fourth-order valence-electron chi connectivity index (χ4n) is 5.88. The van der Waals surface area contributed by atoms with Gasteiger partial charge >= 0.3 is 0 Å². The maximum absolute atomic E-state index is 13.5. The van der Waals surface area contributed by atoms with Crippen LogP contribution in [-0.4, -0.2) is 64.0 Å². The summed E-state index contributed by atoms with van der Waals surface area (Å²) in [5.74, 6) is 1.50. The topological polar surface area (TPSA) is 98.6 Å². The van der Waals surface area contributed by atoms with Crippen molar-refractivity contribution >= 4 is 33.6 Å². The average Bonchev–Trinajstić information content (AvgIpc) is 3.38. The molecule has 1 N–H and O–H groups in total. The SMILES string of the molecule is COCC1CCN(c2cc(C(=O)NS(=O)CCCOc3ccccc3)nc3c2c(C2CCC2)nn3-c2ccccc2)CC1. The van der Waals surface area contributed by atoms with E-state index in [1.807, 2.05) is 71.4 Å². The third-order valence-electron chi connectivity index (χ3n) is 8.42. The number of hydrogen-bond donors (Lipinski definition) is 1. The third kappa shape index (κ3) is 6.75. The van der Waals surface area contributed by atoms with Crippen LogP contribution in [0.3, 0.4) is 0 Å².